The van der Waals surface area contributed by atoms with E-state index in [4.69, 9.17) is 0 Å². The predicted octanol–water partition coefficient (Wildman–Crippen LogP) is 0.187. The van der Waals surface area contributed by atoms with E-state index in [0.29, 0.717) is 6.04 Å². The molecule has 0 bridgehead atoms. The van der Waals surface area contributed by atoms with Gasteiger partial charge in [-0.05, 0) is 13.8 Å². The van der Waals surface area contributed by atoms with E-state index >= 15 is 0 Å². The van der Waals surface area contributed by atoms with Crippen LogP contribution in [0.1, 0.15) is 13.8 Å². The highest BCUT2D eigenvalue weighted by atomic mass is 15.8. The fourth-order valence-corrected chi connectivity index (χ4v) is 0.502. The Bertz CT molecular complexity index is 138. The molecule has 1 heterocycles. The molecule has 0 saturated heterocycles. The predicted molar refractivity (Wildman–Crippen MR) is 37.1 cm³/mol. The molecule has 4 nitrogen and oxygen atoms in total. The first kappa shape index (κ1) is 6.07. The molecule has 0 spiro atoms. The molecule has 0 atom stereocenters. The van der Waals surface area contributed by atoms with Gasteiger partial charge in [0, 0.05) is 0 Å². The van der Waals surface area contributed by atoms with Gasteiger partial charge in [-0.2, -0.15) is 15.3 Å². The van der Waals surface area contributed by atoms with Crippen LogP contribution in [-0.4, -0.2) is 23.6 Å². The Hall–Kier alpha value is -1.06. The third kappa shape index (κ3) is 1.42. The summed E-state index contributed by atoms with van der Waals surface area (Å²) in [6.07, 6.45) is 3.26. The largest absolute Gasteiger partial charge is 0.202 e. The summed E-state index contributed by atoms with van der Waals surface area (Å²) in [6.45, 7) is 4.07. The van der Waals surface area contributed by atoms with Gasteiger partial charge >= 0.3 is 0 Å². The molecule has 0 radical (unpaired) electrons. The van der Waals surface area contributed by atoms with Gasteiger partial charge in [0.05, 0.1) is 18.5 Å². The van der Waals surface area contributed by atoms with E-state index in [2.05, 4.69) is 15.7 Å². The van der Waals surface area contributed by atoms with Gasteiger partial charge in [-0.3, -0.25) is 0 Å². The van der Waals surface area contributed by atoms with Crippen LogP contribution in [0, 0.1) is 0 Å². The van der Waals surface area contributed by atoms with Crippen LogP contribution in [0.3, 0.4) is 0 Å². The Kier molecular flexibility index (Phi) is 1.67. The fraction of sp³-hybridized carbons (Fsp3) is 0.600. The van der Waals surface area contributed by atoms with Crippen LogP contribution >= 0.6 is 0 Å². The summed E-state index contributed by atoms with van der Waals surface area (Å²) < 4.78 is 0. The second kappa shape index (κ2) is 2.48. The third-order valence-corrected chi connectivity index (χ3v) is 0.982. The van der Waals surface area contributed by atoms with E-state index in [0.717, 1.165) is 0 Å². The van der Waals surface area contributed by atoms with Crippen LogP contribution in [0.15, 0.2) is 10.2 Å². The topological polar surface area (TPSA) is 40.0 Å². The highest BCUT2D eigenvalue weighted by Crippen LogP contribution is 1.94. The van der Waals surface area contributed by atoms with Gasteiger partial charge < -0.3 is 0 Å². The molecule has 0 aromatic rings. The number of hydrazine groups is 1. The van der Waals surface area contributed by atoms with Crippen molar-refractivity contribution in [3.63, 3.8) is 0 Å². The standard InChI is InChI=1S/C5H10N4/c1-5(2)9-7-4-3-6-8-9/h3-5,8H,1-2H3. The van der Waals surface area contributed by atoms with Crippen molar-refractivity contribution in [2.75, 3.05) is 0 Å². The number of nitrogens with zero attached hydrogens (tertiary/aromatic N) is 3. The van der Waals surface area contributed by atoms with E-state index in [1.807, 2.05) is 13.8 Å². The second-order valence-electron chi connectivity index (χ2n) is 2.08. The molecule has 4 heteroatoms. The van der Waals surface area contributed by atoms with Crippen LogP contribution in [0.25, 0.3) is 0 Å². The summed E-state index contributed by atoms with van der Waals surface area (Å²) in [5.41, 5.74) is 2.72. The summed E-state index contributed by atoms with van der Waals surface area (Å²) in [7, 11) is 0. The normalized spacial score (nSPS) is 16.6. The highest BCUT2D eigenvalue weighted by molar-refractivity contribution is 6.16. The quantitative estimate of drug-likeness (QED) is 0.544. The Labute approximate surface area is 54.2 Å². The zero-order valence-electron chi connectivity index (χ0n) is 5.57. The number of nitrogens with one attached hydrogen (secondary N) is 1. The summed E-state index contributed by atoms with van der Waals surface area (Å²) >= 11 is 0. The van der Waals surface area contributed by atoms with Crippen molar-refractivity contribution in [1.82, 2.24) is 10.7 Å². The lowest BCUT2D eigenvalue weighted by Gasteiger charge is -2.22. The minimum absolute atomic E-state index is 0.346. The summed E-state index contributed by atoms with van der Waals surface area (Å²) in [5.74, 6) is 0. The molecule has 0 unspecified atom stereocenters. The van der Waals surface area contributed by atoms with Crippen molar-refractivity contribution in [2.45, 2.75) is 19.9 Å². The van der Waals surface area contributed by atoms with Gasteiger partial charge in [0.25, 0.3) is 0 Å². The second-order valence-corrected chi connectivity index (χ2v) is 2.08. The maximum absolute atomic E-state index is 3.98. The van der Waals surface area contributed by atoms with Crippen molar-refractivity contribution < 1.29 is 0 Å². The van der Waals surface area contributed by atoms with E-state index in [9.17, 15) is 0 Å². The van der Waals surface area contributed by atoms with Crippen molar-refractivity contribution in [2.24, 2.45) is 10.2 Å². The molecule has 50 valence electrons. The molecule has 0 fully saturated rings. The smallest absolute Gasteiger partial charge is 0.0692 e. The van der Waals surface area contributed by atoms with Crippen LogP contribution < -0.4 is 5.53 Å². The number of hydrogen-bond donors (Lipinski definition) is 1. The number of hydrogen-bond acceptors (Lipinski definition) is 4. The van der Waals surface area contributed by atoms with Gasteiger partial charge in [-0.1, -0.05) is 0 Å². The molecule has 0 aliphatic carbocycles. The van der Waals surface area contributed by atoms with Gasteiger partial charge in [-0.15, -0.1) is 0 Å². The van der Waals surface area contributed by atoms with Gasteiger partial charge in [0.15, 0.2) is 0 Å². The highest BCUT2D eigenvalue weighted by Gasteiger charge is 2.03. The fourth-order valence-electron chi connectivity index (χ4n) is 0.502. The Morgan fingerprint density at radius 1 is 1.44 bits per heavy atom. The van der Waals surface area contributed by atoms with Crippen molar-refractivity contribution in [3.05, 3.63) is 0 Å². The molecular formula is C5H10N4. The molecule has 1 N–H and O–H groups in total. The molecule has 0 amide bonds. The molecule has 0 aromatic carbocycles. The van der Waals surface area contributed by atoms with Crippen molar-refractivity contribution >= 4 is 12.4 Å². The molecule has 1 aliphatic rings. The summed E-state index contributed by atoms with van der Waals surface area (Å²) in [6, 6.07) is 0.346. The zero-order valence-corrected chi connectivity index (χ0v) is 5.57. The van der Waals surface area contributed by atoms with Crippen molar-refractivity contribution in [3.8, 4) is 0 Å². The minimum atomic E-state index is 0.346. The number of hydrazone groups is 2. The first-order chi connectivity index (χ1) is 4.30. The number of rotatable bonds is 1. The van der Waals surface area contributed by atoms with Gasteiger partial charge in [-0.25, -0.2) is 5.53 Å². The molecule has 0 saturated carbocycles. The lowest BCUT2D eigenvalue weighted by atomic mass is 10.4. The molecule has 0 aromatic heterocycles. The van der Waals surface area contributed by atoms with Gasteiger partial charge in [0.1, 0.15) is 0 Å². The first-order valence-corrected chi connectivity index (χ1v) is 2.91. The molecular weight excluding hydrogens is 116 g/mol. The Morgan fingerprint density at radius 3 is 2.56 bits per heavy atom. The van der Waals surface area contributed by atoms with E-state index in [1.54, 1.807) is 17.5 Å². The monoisotopic (exact) mass is 126 g/mol. The van der Waals surface area contributed by atoms with E-state index in [-0.39, 0.29) is 0 Å². The average Bonchev–Trinajstić information content (AvgIpc) is 1.90. The van der Waals surface area contributed by atoms with Crippen LogP contribution in [0.5, 0.6) is 0 Å². The summed E-state index contributed by atoms with van der Waals surface area (Å²) in [4.78, 5) is 0. The minimum Gasteiger partial charge on any atom is -0.202 e. The van der Waals surface area contributed by atoms with Crippen LogP contribution in [-0.2, 0) is 0 Å². The maximum atomic E-state index is 3.98. The van der Waals surface area contributed by atoms with E-state index < -0.39 is 0 Å². The SMILES string of the molecule is CC(C)N1N=CC=NN1. The first-order valence-electron chi connectivity index (χ1n) is 2.91. The average molecular weight is 126 g/mol. The van der Waals surface area contributed by atoms with Crippen LogP contribution in [0.4, 0.5) is 0 Å². The Morgan fingerprint density at radius 2 is 2.22 bits per heavy atom. The van der Waals surface area contributed by atoms with E-state index in [1.165, 1.54) is 0 Å². The van der Waals surface area contributed by atoms with Crippen LogP contribution in [0.2, 0.25) is 0 Å². The lowest BCUT2D eigenvalue weighted by Crippen LogP contribution is -2.37. The zero-order chi connectivity index (χ0) is 6.69. The maximum Gasteiger partial charge on any atom is 0.0692 e. The molecule has 1 aliphatic heterocycles. The Balaban J connectivity index is 2.46. The lowest BCUT2D eigenvalue weighted by molar-refractivity contribution is 0.153. The summed E-state index contributed by atoms with van der Waals surface area (Å²) in [5, 5.41) is 9.44. The molecule has 1 rings (SSSR count). The molecule has 9 heavy (non-hydrogen) atoms. The third-order valence-electron chi connectivity index (χ3n) is 0.982. The van der Waals surface area contributed by atoms with Crippen molar-refractivity contribution in [1.29, 1.82) is 0 Å². The van der Waals surface area contributed by atoms with Gasteiger partial charge in [0.2, 0.25) is 0 Å².